The van der Waals surface area contributed by atoms with Crippen molar-refractivity contribution in [1.29, 1.82) is 5.41 Å². The van der Waals surface area contributed by atoms with E-state index in [1.807, 2.05) is 9.58 Å². The second kappa shape index (κ2) is 5.58. The number of amidine groups is 1. The van der Waals surface area contributed by atoms with Crippen LogP contribution < -0.4 is 0 Å². The van der Waals surface area contributed by atoms with Gasteiger partial charge in [0.05, 0.1) is 19.1 Å². The molecule has 3 fully saturated rings. The Bertz CT molecular complexity index is 605. The normalized spacial score (nSPS) is 34.3. The SMILES string of the molecule is N=C1[C@@H]2C[C@H](F)CN2C(=O)CN1[C@@H]1CC[C@H](Cn2cncn2)C1. The number of carbonyl (C=O) groups excluding carboxylic acids is 1. The molecule has 2 aliphatic heterocycles. The number of alkyl halides is 1. The van der Waals surface area contributed by atoms with E-state index in [9.17, 15) is 9.18 Å². The van der Waals surface area contributed by atoms with Gasteiger partial charge in [-0.2, -0.15) is 5.10 Å². The molecule has 1 saturated carbocycles. The molecule has 0 unspecified atom stereocenters. The number of piperazine rings is 1. The number of nitrogens with zero attached hydrogens (tertiary/aromatic N) is 5. The van der Waals surface area contributed by atoms with Crippen molar-refractivity contribution in [2.75, 3.05) is 13.1 Å². The van der Waals surface area contributed by atoms with Crippen molar-refractivity contribution in [1.82, 2.24) is 24.6 Å². The lowest BCUT2D eigenvalue weighted by Crippen LogP contribution is -2.59. The minimum Gasteiger partial charge on any atom is -0.346 e. The Kier molecular flexibility index (Phi) is 3.54. The average Bonchev–Trinajstić information content (AvgIpc) is 3.24. The van der Waals surface area contributed by atoms with Gasteiger partial charge in [-0.25, -0.2) is 9.37 Å². The first-order valence-electron chi connectivity index (χ1n) is 8.23. The molecule has 3 heterocycles. The van der Waals surface area contributed by atoms with Gasteiger partial charge < -0.3 is 9.80 Å². The fourth-order valence-corrected chi connectivity index (χ4v) is 4.25. The van der Waals surface area contributed by atoms with Crippen LogP contribution in [0.1, 0.15) is 25.7 Å². The van der Waals surface area contributed by atoms with Gasteiger partial charge in [0.2, 0.25) is 5.91 Å². The number of hydrogen-bond donors (Lipinski definition) is 1. The minimum absolute atomic E-state index is 0.0362. The topological polar surface area (TPSA) is 78.1 Å². The molecule has 8 heteroatoms. The number of fused-ring (bicyclic) bond motifs is 1. The van der Waals surface area contributed by atoms with E-state index >= 15 is 0 Å². The standard InChI is InChI=1S/C15H21FN6O/c16-11-4-13-15(17)21(7-14(23)22(13)6-11)12-2-1-10(3-12)5-20-9-18-8-19-20/h8-13,17H,1-7H2/t10-,11-,12+,13-/m0/s1. The van der Waals surface area contributed by atoms with Crippen molar-refractivity contribution in [3.05, 3.63) is 12.7 Å². The summed E-state index contributed by atoms with van der Waals surface area (Å²) < 4.78 is 15.5. The molecule has 3 aliphatic rings. The highest BCUT2D eigenvalue weighted by Gasteiger charge is 2.46. The number of nitrogens with one attached hydrogen (secondary N) is 1. The van der Waals surface area contributed by atoms with E-state index in [2.05, 4.69) is 10.1 Å². The summed E-state index contributed by atoms with van der Waals surface area (Å²) in [5.74, 6) is 0.877. The lowest BCUT2D eigenvalue weighted by molar-refractivity contribution is -0.134. The fraction of sp³-hybridized carbons (Fsp3) is 0.733. The molecule has 23 heavy (non-hydrogen) atoms. The smallest absolute Gasteiger partial charge is 0.242 e. The highest BCUT2D eigenvalue weighted by atomic mass is 19.1. The molecular formula is C15H21FN6O. The number of rotatable bonds is 3. The van der Waals surface area contributed by atoms with Gasteiger partial charge in [-0.05, 0) is 25.2 Å². The molecule has 1 amide bonds. The van der Waals surface area contributed by atoms with Gasteiger partial charge in [0.15, 0.2) is 0 Å². The summed E-state index contributed by atoms with van der Waals surface area (Å²) in [6.07, 6.45) is 5.51. The zero-order valence-corrected chi connectivity index (χ0v) is 12.9. The van der Waals surface area contributed by atoms with Crippen LogP contribution in [0.25, 0.3) is 0 Å². The lowest BCUT2D eigenvalue weighted by Gasteiger charge is -2.41. The molecule has 4 atom stereocenters. The third kappa shape index (κ3) is 2.60. The first-order valence-corrected chi connectivity index (χ1v) is 8.23. The maximum Gasteiger partial charge on any atom is 0.242 e. The van der Waals surface area contributed by atoms with Crippen LogP contribution in [0.5, 0.6) is 0 Å². The molecule has 1 aliphatic carbocycles. The number of carbonyl (C=O) groups is 1. The lowest BCUT2D eigenvalue weighted by atomic mass is 10.0. The van der Waals surface area contributed by atoms with Crippen molar-refractivity contribution in [2.24, 2.45) is 5.92 Å². The molecule has 0 bridgehead atoms. The largest absolute Gasteiger partial charge is 0.346 e. The molecule has 0 radical (unpaired) electrons. The van der Waals surface area contributed by atoms with Gasteiger partial charge in [0, 0.05) is 19.0 Å². The summed E-state index contributed by atoms with van der Waals surface area (Å²) in [5, 5.41) is 12.6. The minimum atomic E-state index is -0.993. The second-order valence-electron chi connectivity index (χ2n) is 6.86. The van der Waals surface area contributed by atoms with Crippen molar-refractivity contribution in [2.45, 2.75) is 50.5 Å². The molecule has 4 rings (SSSR count). The highest BCUT2D eigenvalue weighted by Crippen LogP contribution is 2.34. The summed E-state index contributed by atoms with van der Waals surface area (Å²) in [6, 6.07) is -0.151. The van der Waals surface area contributed by atoms with Crippen LogP contribution >= 0.6 is 0 Å². The van der Waals surface area contributed by atoms with E-state index in [0.29, 0.717) is 11.8 Å². The quantitative estimate of drug-likeness (QED) is 0.888. The fourth-order valence-electron chi connectivity index (χ4n) is 4.25. The predicted molar refractivity (Wildman–Crippen MR) is 80.6 cm³/mol. The van der Waals surface area contributed by atoms with Crippen molar-refractivity contribution >= 4 is 11.7 Å². The van der Waals surface area contributed by atoms with Gasteiger partial charge in [-0.15, -0.1) is 0 Å². The van der Waals surface area contributed by atoms with Crippen LogP contribution in [-0.2, 0) is 11.3 Å². The maximum atomic E-state index is 13.6. The molecular weight excluding hydrogens is 299 g/mol. The van der Waals surface area contributed by atoms with Crippen LogP contribution in [0, 0.1) is 11.3 Å². The second-order valence-corrected chi connectivity index (χ2v) is 6.86. The summed E-state index contributed by atoms with van der Waals surface area (Å²) in [5.41, 5.74) is 0. The molecule has 0 spiro atoms. The van der Waals surface area contributed by atoms with Crippen LogP contribution in [0.4, 0.5) is 4.39 Å². The Hall–Kier alpha value is -1.99. The van der Waals surface area contributed by atoms with E-state index in [1.165, 1.54) is 6.33 Å². The van der Waals surface area contributed by atoms with E-state index in [0.717, 1.165) is 25.8 Å². The van der Waals surface area contributed by atoms with Gasteiger partial charge in [-0.1, -0.05) is 0 Å². The third-order valence-electron chi connectivity index (χ3n) is 5.37. The molecule has 1 N–H and O–H groups in total. The van der Waals surface area contributed by atoms with Crippen LogP contribution in [-0.4, -0.2) is 67.7 Å². The van der Waals surface area contributed by atoms with Crippen LogP contribution in [0.3, 0.4) is 0 Å². The number of aromatic nitrogens is 3. The zero-order chi connectivity index (χ0) is 16.0. The molecule has 2 saturated heterocycles. The summed E-state index contributed by atoms with van der Waals surface area (Å²) in [6.45, 7) is 1.20. The molecule has 7 nitrogen and oxygen atoms in total. The number of hydrogen-bond acceptors (Lipinski definition) is 4. The third-order valence-corrected chi connectivity index (χ3v) is 5.37. The Balaban J connectivity index is 1.42. The first kappa shape index (κ1) is 14.6. The monoisotopic (exact) mass is 320 g/mol. The molecule has 1 aromatic heterocycles. The highest BCUT2D eigenvalue weighted by molar-refractivity contribution is 5.97. The summed E-state index contributed by atoms with van der Waals surface area (Å²) in [7, 11) is 0. The van der Waals surface area contributed by atoms with Crippen molar-refractivity contribution < 1.29 is 9.18 Å². The Morgan fingerprint density at radius 3 is 2.96 bits per heavy atom. The van der Waals surface area contributed by atoms with E-state index in [4.69, 9.17) is 5.41 Å². The van der Waals surface area contributed by atoms with E-state index < -0.39 is 6.17 Å². The molecule has 0 aromatic carbocycles. The van der Waals surface area contributed by atoms with Gasteiger partial charge in [-0.3, -0.25) is 14.9 Å². The Labute approximate surface area is 134 Å². The van der Waals surface area contributed by atoms with Crippen molar-refractivity contribution in [3.63, 3.8) is 0 Å². The van der Waals surface area contributed by atoms with Gasteiger partial charge in [0.25, 0.3) is 0 Å². The number of halogens is 1. The molecule has 124 valence electrons. The summed E-state index contributed by atoms with van der Waals surface area (Å²) in [4.78, 5) is 19.7. The Morgan fingerprint density at radius 1 is 1.30 bits per heavy atom. The van der Waals surface area contributed by atoms with Gasteiger partial charge in [0.1, 0.15) is 24.7 Å². The van der Waals surface area contributed by atoms with Crippen molar-refractivity contribution in [3.8, 4) is 0 Å². The predicted octanol–water partition coefficient (Wildman–Crippen LogP) is 0.679. The van der Waals surface area contributed by atoms with Crippen LogP contribution in [0.2, 0.25) is 0 Å². The zero-order valence-electron chi connectivity index (χ0n) is 12.9. The van der Waals surface area contributed by atoms with E-state index in [1.54, 1.807) is 11.2 Å². The van der Waals surface area contributed by atoms with Crippen LogP contribution in [0.15, 0.2) is 12.7 Å². The Morgan fingerprint density at radius 2 is 2.17 bits per heavy atom. The maximum absolute atomic E-state index is 13.6. The van der Waals surface area contributed by atoms with Gasteiger partial charge >= 0.3 is 0 Å². The average molecular weight is 320 g/mol. The van der Waals surface area contributed by atoms with E-state index in [-0.39, 0.29) is 37.5 Å². The first-order chi connectivity index (χ1) is 11.1. The summed E-state index contributed by atoms with van der Waals surface area (Å²) >= 11 is 0. The molecule has 1 aromatic rings. The number of amides is 1.